The van der Waals surface area contributed by atoms with E-state index in [-0.39, 0.29) is 17.1 Å². The smallest absolute Gasteiger partial charge is 0.329 e. The minimum atomic E-state index is -3.34. The Morgan fingerprint density at radius 2 is 1.88 bits per heavy atom. The van der Waals surface area contributed by atoms with Gasteiger partial charge in [0.15, 0.2) is 9.84 Å². The van der Waals surface area contributed by atoms with Gasteiger partial charge in [0.05, 0.1) is 17.1 Å². The zero-order valence-corrected chi connectivity index (χ0v) is 14.6. The maximum absolute atomic E-state index is 12.3. The molecule has 1 aromatic rings. The molecule has 0 bridgehead atoms. The lowest BCUT2D eigenvalue weighted by Crippen LogP contribution is -2.55. The minimum Gasteiger partial charge on any atom is -0.480 e. The van der Waals surface area contributed by atoms with E-state index in [0.717, 1.165) is 19.3 Å². The second-order valence-corrected chi connectivity index (χ2v) is 8.50. The van der Waals surface area contributed by atoms with E-state index in [9.17, 15) is 23.1 Å². The van der Waals surface area contributed by atoms with Crippen LogP contribution in [0.4, 0.5) is 0 Å². The van der Waals surface area contributed by atoms with Crippen LogP contribution in [0.5, 0.6) is 0 Å². The molecule has 24 heavy (non-hydrogen) atoms. The molecule has 0 radical (unpaired) electrons. The molecule has 1 fully saturated rings. The molecule has 1 aliphatic carbocycles. The summed E-state index contributed by atoms with van der Waals surface area (Å²) in [4.78, 5) is 24.1. The molecule has 0 heterocycles. The highest BCUT2D eigenvalue weighted by Crippen LogP contribution is 2.28. The molecule has 132 valence electrons. The third kappa shape index (κ3) is 4.14. The fourth-order valence-electron chi connectivity index (χ4n) is 3.06. The number of carbonyl (C=O) groups excluding carboxylic acids is 1. The van der Waals surface area contributed by atoms with Crippen molar-refractivity contribution in [3.63, 3.8) is 0 Å². The largest absolute Gasteiger partial charge is 0.480 e. The molecular weight excluding hydrogens is 330 g/mol. The molecule has 7 heteroatoms. The van der Waals surface area contributed by atoms with Gasteiger partial charge in [0.25, 0.3) is 0 Å². The Bertz CT molecular complexity index is 720. The lowest BCUT2D eigenvalue weighted by Gasteiger charge is -2.34. The highest BCUT2D eigenvalue weighted by molar-refractivity contribution is 7.91. The molecule has 0 spiro atoms. The van der Waals surface area contributed by atoms with Gasteiger partial charge in [-0.2, -0.15) is 0 Å². The molecule has 0 aliphatic heterocycles. The van der Waals surface area contributed by atoms with E-state index in [2.05, 4.69) is 5.32 Å². The summed E-state index contributed by atoms with van der Waals surface area (Å²) in [5, 5.41) is 12.2. The molecule has 1 aromatic carbocycles. The lowest BCUT2D eigenvalue weighted by molar-refractivity contribution is -0.149. The Hall–Kier alpha value is -1.89. The lowest BCUT2D eigenvalue weighted by atomic mass is 9.81. The summed E-state index contributed by atoms with van der Waals surface area (Å²) in [6.45, 7) is 1.56. The van der Waals surface area contributed by atoms with Crippen LogP contribution < -0.4 is 5.32 Å². The first-order valence-electron chi connectivity index (χ1n) is 8.15. The minimum absolute atomic E-state index is 0.00915. The van der Waals surface area contributed by atoms with E-state index in [4.69, 9.17) is 0 Å². The molecule has 1 saturated carbocycles. The van der Waals surface area contributed by atoms with E-state index in [1.807, 2.05) is 0 Å². The second-order valence-electron chi connectivity index (χ2n) is 6.22. The zero-order valence-electron chi connectivity index (χ0n) is 13.7. The average Bonchev–Trinajstić information content (AvgIpc) is 2.55. The van der Waals surface area contributed by atoms with Crippen LogP contribution in [-0.4, -0.2) is 36.7 Å². The number of sulfone groups is 1. The number of amides is 1. The predicted molar refractivity (Wildman–Crippen MR) is 89.5 cm³/mol. The molecule has 1 amide bonds. The van der Waals surface area contributed by atoms with Crippen molar-refractivity contribution in [3.05, 3.63) is 29.8 Å². The van der Waals surface area contributed by atoms with E-state index < -0.39 is 27.3 Å². The maximum atomic E-state index is 12.3. The molecule has 0 aromatic heterocycles. The van der Waals surface area contributed by atoms with E-state index in [0.29, 0.717) is 18.4 Å². The quantitative estimate of drug-likeness (QED) is 0.814. The van der Waals surface area contributed by atoms with Gasteiger partial charge in [-0.1, -0.05) is 38.3 Å². The van der Waals surface area contributed by atoms with Crippen molar-refractivity contribution < 1.29 is 23.1 Å². The SMILES string of the molecule is CCS(=O)(=O)c1cccc(CC(=O)NC2(C(=O)O)CCCCC2)c1. The molecule has 0 unspecified atom stereocenters. The summed E-state index contributed by atoms with van der Waals surface area (Å²) in [6.07, 6.45) is 3.34. The summed E-state index contributed by atoms with van der Waals surface area (Å²) >= 11 is 0. The summed E-state index contributed by atoms with van der Waals surface area (Å²) in [5.41, 5.74) is -0.638. The van der Waals surface area contributed by atoms with Gasteiger partial charge >= 0.3 is 5.97 Å². The Morgan fingerprint density at radius 1 is 1.21 bits per heavy atom. The number of rotatable bonds is 6. The Kier molecular flexibility index (Phi) is 5.64. The monoisotopic (exact) mass is 353 g/mol. The topological polar surface area (TPSA) is 101 Å². The summed E-state index contributed by atoms with van der Waals surface area (Å²) in [5.74, 6) is -1.41. The average molecular weight is 353 g/mol. The Balaban J connectivity index is 2.12. The van der Waals surface area contributed by atoms with Gasteiger partial charge in [-0.3, -0.25) is 4.79 Å². The first-order valence-corrected chi connectivity index (χ1v) is 9.80. The van der Waals surface area contributed by atoms with Crippen molar-refractivity contribution in [1.82, 2.24) is 5.32 Å². The van der Waals surface area contributed by atoms with Crippen LogP contribution in [-0.2, 0) is 25.8 Å². The van der Waals surface area contributed by atoms with Crippen molar-refractivity contribution in [2.24, 2.45) is 0 Å². The third-order valence-electron chi connectivity index (χ3n) is 4.50. The molecule has 1 aliphatic rings. The van der Waals surface area contributed by atoms with Crippen LogP contribution in [0.15, 0.2) is 29.2 Å². The van der Waals surface area contributed by atoms with Crippen molar-refractivity contribution in [3.8, 4) is 0 Å². The highest BCUT2D eigenvalue weighted by Gasteiger charge is 2.40. The van der Waals surface area contributed by atoms with Crippen molar-refractivity contribution >= 4 is 21.7 Å². The van der Waals surface area contributed by atoms with Gasteiger partial charge in [-0.25, -0.2) is 13.2 Å². The van der Waals surface area contributed by atoms with Gasteiger partial charge in [-0.05, 0) is 30.5 Å². The van der Waals surface area contributed by atoms with Gasteiger partial charge in [0.2, 0.25) is 5.91 Å². The normalized spacial score (nSPS) is 17.2. The van der Waals surface area contributed by atoms with E-state index in [1.54, 1.807) is 19.1 Å². The number of hydrogen-bond acceptors (Lipinski definition) is 4. The van der Waals surface area contributed by atoms with Crippen molar-refractivity contribution in [1.29, 1.82) is 0 Å². The van der Waals surface area contributed by atoms with Crippen LogP contribution in [0.1, 0.15) is 44.6 Å². The molecule has 2 rings (SSSR count). The number of carbonyl (C=O) groups is 2. The van der Waals surface area contributed by atoms with E-state index in [1.165, 1.54) is 12.1 Å². The van der Waals surface area contributed by atoms with Crippen LogP contribution in [0.3, 0.4) is 0 Å². The van der Waals surface area contributed by atoms with Crippen LogP contribution in [0.25, 0.3) is 0 Å². The standard InChI is InChI=1S/C17H23NO5S/c1-2-24(22,23)14-8-6-7-13(11-14)12-15(19)18-17(16(20)21)9-4-3-5-10-17/h6-8,11H,2-5,9-10,12H2,1H3,(H,18,19)(H,20,21). The second kappa shape index (κ2) is 7.34. The van der Waals surface area contributed by atoms with Crippen molar-refractivity contribution in [2.75, 3.05) is 5.75 Å². The molecule has 6 nitrogen and oxygen atoms in total. The predicted octanol–water partition coefficient (Wildman–Crippen LogP) is 1.93. The first kappa shape index (κ1) is 18.4. The van der Waals surface area contributed by atoms with Crippen LogP contribution >= 0.6 is 0 Å². The number of carboxylic acids is 1. The van der Waals surface area contributed by atoms with Gasteiger partial charge in [0.1, 0.15) is 5.54 Å². The molecule has 2 N–H and O–H groups in total. The summed E-state index contributed by atoms with van der Waals surface area (Å²) < 4.78 is 23.8. The van der Waals surface area contributed by atoms with Gasteiger partial charge < -0.3 is 10.4 Å². The molecule has 0 saturated heterocycles. The van der Waals surface area contributed by atoms with Crippen LogP contribution in [0.2, 0.25) is 0 Å². The van der Waals surface area contributed by atoms with E-state index >= 15 is 0 Å². The number of aliphatic carboxylic acids is 1. The number of hydrogen-bond donors (Lipinski definition) is 2. The number of nitrogens with one attached hydrogen (secondary N) is 1. The number of carboxylic acid groups (broad SMARTS) is 1. The summed E-state index contributed by atoms with van der Waals surface area (Å²) in [6, 6.07) is 6.24. The fraction of sp³-hybridized carbons (Fsp3) is 0.529. The number of benzene rings is 1. The summed E-state index contributed by atoms with van der Waals surface area (Å²) in [7, 11) is -3.34. The Morgan fingerprint density at radius 3 is 2.46 bits per heavy atom. The highest BCUT2D eigenvalue weighted by atomic mass is 32.2. The maximum Gasteiger partial charge on any atom is 0.329 e. The molecular formula is C17H23NO5S. The fourth-order valence-corrected chi connectivity index (χ4v) is 4.01. The van der Waals surface area contributed by atoms with Crippen molar-refractivity contribution in [2.45, 2.75) is 55.9 Å². The zero-order chi connectivity index (χ0) is 17.8. The van der Waals surface area contributed by atoms with Gasteiger partial charge in [-0.15, -0.1) is 0 Å². The third-order valence-corrected chi connectivity index (χ3v) is 6.23. The first-order chi connectivity index (χ1) is 11.3. The molecule has 0 atom stereocenters. The Labute approximate surface area is 142 Å². The van der Waals surface area contributed by atoms with Gasteiger partial charge in [0, 0.05) is 0 Å². The van der Waals surface area contributed by atoms with Crippen LogP contribution in [0, 0.1) is 0 Å².